The Morgan fingerprint density at radius 3 is 1.00 bits per heavy atom. The van der Waals surface area contributed by atoms with Crippen LogP contribution in [0.3, 0.4) is 0 Å². The fourth-order valence-electron chi connectivity index (χ4n) is 0. The van der Waals surface area contributed by atoms with E-state index in [1.807, 2.05) is 0 Å². The maximum absolute atomic E-state index is 0. The van der Waals surface area contributed by atoms with E-state index < -0.39 is 0 Å². The van der Waals surface area contributed by atoms with Gasteiger partial charge in [0, 0.05) is 86.4 Å². The summed E-state index contributed by atoms with van der Waals surface area (Å²) in [5.74, 6) is 0. The molecule has 0 aromatic carbocycles. The van der Waals surface area contributed by atoms with Gasteiger partial charge in [-0.25, -0.2) is 0 Å². The normalized spacial score (nSPS) is 0. The van der Waals surface area contributed by atoms with Crippen LogP contribution in [0.5, 0.6) is 0 Å². The smallest absolute Gasteiger partial charge is 0 e. The third-order valence-electron chi connectivity index (χ3n) is 0. The van der Waals surface area contributed by atoms with Crippen LogP contribution in [0.2, 0.25) is 0 Å². The molecular weight excluding hydrogens is 405 g/mol. The molecule has 0 aliphatic rings. The molecule has 0 amide bonds. The Morgan fingerprint density at radius 2 is 1.00 bits per heavy atom. The van der Waals surface area contributed by atoms with Gasteiger partial charge < -0.3 is 0 Å². The zero-order valence-electron chi connectivity index (χ0n) is 1.76. The second-order valence-electron chi connectivity index (χ2n) is 0. The topological polar surface area (TPSA) is 0 Å². The molecule has 0 aromatic rings. The minimum atomic E-state index is 0. The molecule has 0 aromatic heterocycles. The Hall–Kier alpha value is 3.35. The molecule has 0 atom stereocenters. The van der Waals surface area contributed by atoms with E-state index in [0.717, 1.165) is 0 Å². The standard InChI is InChI=1S/Al.Hf.Nb.Ni.Ti.3H. The molecule has 0 saturated heterocycles. The van der Waals surface area contributed by atoms with Gasteiger partial charge in [-0.2, -0.15) is 0 Å². The summed E-state index contributed by atoms with van der Waals surface area (Å²) < 4.78 is 0. The molecule has 0 heterocycles. The van der Waals surface area contributed by atoms with E-state index in [2.05, 4.69) is 0 Å². The molecule has 0 fully saturated rings. The second kappa shape index (κ2) is 26.4. The van der Waals surface area contributed by atoms with Gasteiger partial charge in [-0.1, -0.05) is 0 Å². The van der Waals surface area contributed by atoms with E-state index in [1.165, 1.54) is 0 Å². The van der Waals surface area contributed by atoms with Gasteiger partial charge in [0.05, 0.1) is 0 Å². The Balaban J connectivity index is 0. The predicted molar refractivity (Wildman–Crippen MR) is 9.94 cm³/mol. The fraction of sp³-hybridized carbons (Fsp3) is 0. The SMILES string of the molecule is [AlH3].[Hf].[Nb].[Ni].[Ti]. The molecule has 0 bridgehead atoms. The Morgan fingerprint density at radius 1 is 1.00 bits per heavy atom. The molecule has 0 unspecified atom stereocenters. The van der Waals surface area contributed by atoms with E-state index in [0.29, 0.717) is 0 Å². The molecule has 1 radical (unpaired) electrons. The first-order valence-electron chi connectivity index (χ1n) is 0. The molecule has 0 aliphatic heterocycles. The van der Waals surface area contributed by atoms with Gasteiger partial charge >= 0.3 is 0 Å². The second-order valence-corrected chi connectivity index (χ2v) is 0. The van der Waals surface area contributed by atoms with Gasteiger partial charge in [-0.15, -0.1) is 0 Å². The first-order chi connectivity index (χ1) is 0. The van der Waals surface area contributed by atoms with Crippen molar-refractivity contribution in [2.24, 2.45) is 0 Å². The molecule has 0 N–H and O–H groups in total. The van der Waals surface area contributed by atoms with Crippen molar-refractivity contribution in [3.05, 3.63) is 0 Å². The van der Waals surface area contributed by atoms with Crippen molar-refractivity contribution in [2.45, 2.75) is 0 Å². The summed E-state index contributed by atoms with van der Waals surface area (Å²) >= 11 is 0. The maximum atomic E-state index is 0. The molecule has 0 saturated carbocycles. The minimum Gasteiger partial charge on any atom is 0 e. The third kappa shape index (κ3) is 18.7. The number of hydrogen-bond acceptors (Lipinski definition) is 0. The van der Waals surface area contributed by atoms with Crippen molar-refractivity contribution >= 4 is 17.4 Å². The van der Waals surface area contributed by atoms with Gasteiger partial charge in [0.1, 0.15) is 0 Å². The zero-order chi connectivity index (χ0) is 0. The minimum absolute atomic E-state index is 0. The summed E-state index contributed by atoms with van der Waals surface area (Å²) in [7, 11) is 0. The van der Waals surface area contributed by atoms with Crippen molar-refractivity contribution in [3.8, 4) is 0 Å². The van der Waals surface area contributed by atoms with Gasteiger partial charge in [-0.3, -0.25) is 0 Å². The third-order valence-corrected chi connectivity index (χ3v) is 0. The molecule has 0 aliphatic carbocycles. The van der Waals surface area contributed by atoms with Crippen LogP contribution in [0, 0.1) is 0 Å². The Labute approximate surface area is 102 Å². The first kappa shape index (κ1) is 40.2. The predicted octanol–water partition coefficient (Wildman–Crippen LogP) is -1.19. The summed E-state index contributed by atoms with van der Waals surface area (Å²) in [5, 5.41) is 0. The average molecular weight is 408 g/mol. The summed E-state index contributed by atoms with van der Waals surface area (Å²) in [6.45, 7) is 0. The van der Waals surface area contributed by atoms with Crippen LogP contribution >= 0.6 is 0 Å². The van der Waals surface area contributed by atoms with Gasteiger partial charge in [0.25, 0.3) is 0 Å². The summed E-state index contributed by atoms with van der Waals surface area (Å²) in [5.41, 5.74) is 0. The van der Waals surface area contributed by atoms with Gasteiger partial charge in [-0.05, 0) is 0 Å². The van der Waals surface area contributed by atoms with E-state index in [9.17, 15) is 0 Å². The van der Waals surface area contributed by atoms with Crippen LogP contribution in [0.25, 0.3) is 0 Å². The van der Waals surface area contributed by atoms with Crippen molar-refractivity contribution in [1.29, 1.82) is 0 Å². The van der Waals surface area contributed by atoms with Gasteiger partial charge in [0.15, 0.2) is 17.4 Å². The summed E-state index contributed by atoms with van der Waals surface area (Å²) in [6.07, 6.45) is 0. The number of rotatable bonds is 0. The van der Waals surface area contributed by atoms with E-state index in [1.54, 1.807) is 0 Å². The van der Waals surface area contributed by atoms with Crippen molar-refractivity contribution in [3.63, 3.8) is 0 Å². The fourth-order valence-corrected chi connectivity index (χ4v) is 0. The molecular formula is H3AlHfNbNiTi. The zero-order valence-corrected chi connectivity index (χ0v) is 10.1. The molecule has 0 nitrogen and oxygen atoms in total. The molecule has 5 heavy (non-hydrogen) atoms. The maximum Gasteiger partial charge on any atom is 0.187 e. The van der Waals surface area contributed by atoms with Crippen molar-refractivity contribution in [2.75, 3.05) is 0 Å². The average Bonchev–Trinajstić information content (AvgIpc) is 0. The molecule has 5 heteroatoms. The van der Waals surface area contributed by atoms with Gasteiger partial charge in [0.2, 0.25) is 0 Å². The van der Waals surface area contributed by atoms with Crippen LogP contribution in [0.15, 0.2) is 0 Å². The Bertz CT molecular complexity index is 11.6. The monoisotopic (exact) mass is 409 g/mol. The van der Waals surface area contributed by atoms with Crippen LogP contribution in [-0.4, -0.2) is 17.4 Å². The Kier molecular flexibility index (Phi) is 212. The summed E-state index contributed by atoms with van der Waals surface area (Å²) in [4.78, 5) is 0. The first-order valence-corrected chi connectivity index (χ1v) is 0. The van der Waals surface area contributed by atoms with Crippen LogP contribution in [0.4, 0.5) is 0 Å². The summed E-state index contributed by atoms with van der Waals surface area (Å²) in [6, 6.07) is 0. The van der Waals surface area contributed by atoms with E-state index >= 15 is 0 Å². The van der Waals surface area contributed by atoms with E-state index in [-0.39, 0.29) is 104 Å². The molecule has 0 spiro atoms. The largest absolute Gasteiger partial charge is 0.187 e. The molecule has 29 valence electrons. The van der Waals surface area contributed by atoms with Crippen LogP contribution in [0.1, 0.15) is 0 Å². The molecule has 0 rings (SSSR count). The number of hydrogen-bond donors (Lipinski definition) is 0. The van der Waals surface area contributed by atoms with E-state index in [4.69, 9.17) is 0 Å². The van der Waals surface area contributed by atoms with Crippen molar-refractivity contribution in [1.82, 2.24) is 0 Å². The quantitative estimate of drug-likeness (QED) is 0.443. The van der Waals surface area contributed by atoms with Crippen molar-refractivity contribution < 1.29 is 86.4 Å². The van der Waals surface area contributed by atoms with Crippen LogP contribution in [-0.2, 0) is 86.4 Å². The van der Waals surface area contributed by atoms with Crippen LogP contribution < -0.4 is 0 Å².